The zero-order valence-electron chi connectivity index (χ0n) is 8.70. The van der Waals surface area contributed by atoms with Gasteiger partial charge in [0.25, 0.3) is 0 Å². The summed E-state index contributed by atoms with van der Waals surface area (Å²) in [6.45, 7) is 0. The third-order valence-corrected chi connectivity index (χ3v) is 6.05. The second-order valence-electron chi connectivity index (χ2n) is 4.55. The molecule has 2 unspecified atom stereocenters. The van der Waals surface area contributed by atoms with Gasteiger partial charge in [0.1, 0.15) is 0 Å². The van der Waals surface area contributed by atoms with Crippen molar-refractivity contribution in [1.82, 2.24) is 5.32 Å². The van der Waals surface area contributed by atoms with Crippen LogP contribution in [0.4, 0.5) is 0 Å². The van der Waals surface area contributed by atoms with Crippen molar-refractivity contribution in [3.8, 4) is 0 Å². The molecule has 1 saturated heterocycles. The number of nitrogens with one attached hydrogen (secondary N) is 1. The highest BCUT2D eigenvalue weighted by Gasteiger charge is 2.44. The van der Waals surface area contributed by atoms with Crippen LogP contribution in [0.15, 0.2) is 0 Å². The lowest BCUT2D eigenvalue weighted by atomic mass is 9.94. The number of rotatable bonds is 3. The smallest absolute Gasteiger partial charge is 0.154 e. The lowest BCUT2D eigenvalue weighted by Crippen LogP contribution is -2.53. The van der Waals surface area contributed by atoms with Gasteiger partial charge in [0.2, 0.25) is 0 Å². The van der Waals surface area contributed by atoms with E-state index in [4.69, 9.17) is 0 Å². The minimum absolute atomic E-state index is 0.0874. The highest BCUT2D eigenvalue weighted by molar-refractivity contribution is 7.93. The molecule has 0 bridgehead atoms. The highest BCUT2D eigenvalue weighted by atomic mass is 32.2. The van der Waals surface area contributed by atoms with Gasteiger partial charge in [-0.25, -0.2) is 8.42 Å². The molecular weight excluding hydrogens is 198 g/mol. The van der Waals surface area contributed by atoms with Crippen LogP contribution in [0.25, 0.3) is 0 Å². The maximum Gasteiger partial charge on any atom is 0.154 e. The molecule has 2 fully saturated rings. The normalized spacial score (nSPS) is 33.9. The lowest BCUT2D eigenvalue weighted by Gasteiger charge is -2.36. The zero-order chi connectivity index (χ0) is 10.2. The molecule has 0 aromatic heterocycles. The number of sulfone groups is 1. The quantitative estimate of drug-likeness (QED) is 0.765. The van der Waals surface area contributed by atoms with Crippen molar-refractivity contribution < 1.29 is 8.42 Å². The maximum atomic E-state index is 11.5. The lowest BCUT2D eigenvalue weighted by molar-refractivity contribution is 0.344. The summed E-state index contributed by atoms with van der Waals surface area (Å²) in [5.74, 6) is 1.00. The van der Waals surface area contributed by atoms with Crippen LogP contribution >= 0.6 is 0 Å². The summed E-state index contributed by atoms with van der Waals surface area (Å²) in [6.07, 6.45) is 5.82. The first-order valence-electron chi connectivity index (χ1n) is 5.54. The molecule has 0 amide bonds. The van der Waals surface area contributed by atoms with Gasteiger partial charge in [-0.15, -0.1) is 0 Å². The molecule has 2 atom stereocenters. The van der Waals surface area contributed by atoms with Crippen molar-refractivity contribution in [1.29, 1.82) is 0 Å². The molecule has 4 heteroatoms. The van der Waals surface area contributed by atoms with Gasteiger partial charge in [0.05, 0.1) is 11.0 Å². The molecule has 2 rings (SSSR count). The Balaban J connectivity index is 2.05. The van der Waals surface area contributed by atoms with Crippen LogP contribution in [-0.4, -0.2) is 32.5 Å². The van der Waals surface area contributed by atoms with Crippen LogP contribution in [-0.2, 0) is 9.84 Å². The summed E-state index contributed by atoms with van der Waals surface area (Å²) >= 11 is 0. The van der Waals surface area contributed by atoms with Gasteiger partial charge >= 0.3 is 0 Å². The molecule has 1 heterocycles. The Hall–Kier alpha value is -0.0900. The first-order chi connectivity index (χ1) is 6.65. The van der Waals surface area contributed by atoms with Gasteiger partial charge in [-0.05, 0) is 32.2 Å². The Morgan fingerprint density at radius 2 is 1.86 bits per heavy atom. The van der Waals surface area contributed by atoms with Crippen molar-refractivity contribution in [3.63, 3.8) is 0 Å². The Morgan fingerprint density at radius 1 is 1.21 bits per heavy atom. The Labute approximate surface area is 86.2 Å². The summed E-state index contributed by atoms with van der Waals surface area (Å²) in [5, 5.41) is 3.13. The van der Waals surface area contributed by atoms with Crippen molar-refractivity contribution >= 4 is 9.84 Å². The van der Waals surface area contributed by atoms with E-state index in [1.54, 1.807) is 0 Å². The predicted molar refractivity (Wildman–Crippen MR) is 57.0 cm³/mol. The predicted octanol–water partition coefficient (Wildman–Crippen LogP) is 0.952. The molecule has 0 aromatic carbocycles. The highest BCUT2D eigenvalue weighted by Crippen LogP contribution is 2.35. The van der Waals surface area contributed by atoms with Crippen molar-refractivity contribution in [2.24, 2.45) is 5.92 Å². The third kappa shape index (κ3) is 1.70. The van der Waals surface area contributed by atoms with Crippen molar-refractivity contribution in [2.45, 2.75) is 43.4 Å². The van der Waals surface area contributed by atoms with E-state index in [2.05, 4.69) is 5.32 Å². The standard InChI is InChI=1S/C10H19NO2S/c1-11-10(8-4-2-3-5-8)9-6-7-14(9,12)13/h8-11H,2-7H2,1H3. The second kappa shape index (κ2) is 3.81. The molecule has 0 aromatic rings. The van der Waals surface area contributed by atoms with Gasteiger partial charge in [-0.3, -0.25) is 0 Å². The molecule has 0 spiro atoms. The average molecular weight is 217 g/mol. The first kappa shape index (κ1) is 10.4. The van der Waals surface area contributed by atoms with E-state index in [-0.39, 0.29) is 11.3 Å². The van der Waals surface area contributed by atoms with Crippen molar-refractivity contribution in [2.75, 3.05) is 12.8 Å². The summed E-state index contributed by atoms with van der Waals surface area (Å²) in [6, 6.07) is 0.219. The van der Waals surface area contributed by atoms with Crippen LogP contribution in [0.2, 0.25) is 0 Å². The monoisotopic (exact) mass is 217 g/mol. The molecule has 82 valence electrons. The van der Waals surface area contributed by atoms with E-state index >= 15 is 0 Å². The van der Waals surface area contributed by atoms with Crippen LogP contribution < -0.4 is 5.32 Å². The molecule has 14 heavy (non-hydrogen) atoms. The van der Waals surface area contributed by atoms with Crippen LogP contribution in [0, 0.1) is 5.92 Å². The first-order valence-corrected chi connectivity index (χ1v) is 7.25. The molecule has 0 radical (unpaired) electrons. The zero-order valence-corrected chi connectivity index (χ0v) is 9.52. The molecule has 1 N–H and O–H groups in total. The largest absolute Gasteiger partial charge is 0.315 e. The maximum absolute atomic E-state index is 11.5. The Bertz CT molecular complexity index is 293. The van der Waals surface area contributed by atoms with E-state index in [9.17, 15) is 8.42 Å². The SMILES string of the molecule is CNC(C1CCCC1)C1CCS1(=O)=O. The Kier molecular flexibility index (Phi) is 2.84. The summed E-state index contributed by atoms with van der Waals surface area (Å²) < 4.78 is 23.1. The molecule has 1 saturated carbocycles. The fraction of sp³-hybridized carbons (Fsp3) is 1.00. The topological polar surface area (TPSA) is 46.2 Å². The van der Waals surface area contributed by atoms with Crippen LogP contribution in [0.3, 0.4) is 0 Å². The van der Waals surface area contributed by atoms with Crippen LogP contribution in [0.1, 0.15) is 32.1 Å². The number of hydrogen-bond acceptors (Lipinski definition) is 3. The van der Waals surface area contributed by atoms with E-state index in [1.165, 1.54) is 25.7 Å². The van der Waals surface area contributed by atoms with Gasteiger partial charge in [0.15, 0.2) is 9.84 Å². The molecule has 3 nitrogen and oxygen atoms in total. The van der Waals surface area contributed by atoms with E-state index < -0.39 is 9.84 Å². The minimum Gasteiger partial charge on any atom is -0.315 e. The molecule has 2 aliphatic rings. The average Bonchev–Trinajstić information content (AvgIpc) is 2.64. The fourth-order valence-corrected chi connectivity index (χ4v) is 4.59. The summed E-state index contributed by atoms with van der Waals surface area (Å²) in [5.41, 5.74) is 0. The summed E-state index contributed by atoms with van der Waals surface area (Å²) in [7, 11) is -0.834. The molecule has 1 aliphatic heterocycles. The van der Waals surface area contributed by atoms with Gasteiger partial charge in [-0.2, -0.15) is 0 Å². The van der Waals surface area contributed by atoms with Gasteiger partial charge < -0.3 is 5.32 Å². The van der Waals surface area contributed by atoms with E-state index in [0.717, 1.165) is 6.42 Å². The van der Waals surface area contributed by atoms with E-state index in [1.807, 2.05) is 7.05 Å². The van der Waals surface area contributed by atoms with Gasteiger partial charge in [-0.1, -0.05) is 12.8 Å². The number of hydrogen-bond donors (Lipinski definition) is 1. The van der Waals surface area contributed by atoms with Gasteiger partial charge in [0, 0.05) is 6.04 Å². The third-order valence-electron chi connectivity index (χ3n) is 3.79. The van der Waals surface area contributed by atoms with Crippen molar-refractivity contribution in [3.05, 3.63) is 0 Å². The fourth-order valence-electron chi connectivity index (χ4n) is 2.89. The molecular formula is C10H19NO2S. The van der Waals surface area contributed by atoms with E-state index in [0.29, 0.717) is 11.7 Å². The minimum atomic E-state index is -2.73. The van der Waals surface area contributed by atoms with Crippen LogP contribution in [0.5, 0.6) is 0 Å². The Morgan fingerprint density at radius 3 is 2.21 bits per heavy atom. The summed E-state index contributed by atoms with van der Waals surface area (Å²) in [4.78, 5) is 0. The second-order valence-corrected chi connectivity index (χ2v) is 6.89. The molecule has 1 aliphatic carbocycles.